The lowest BCUT2D eigenvalue weighted by atomic mass is 10.0. The van der Waals surface area contributed by atoms with Crippen molar-refractivity contribution in [1.29, 1.82) is 0 Å². The van der Waals surface area contributed by atoms with Crippen LogP contribution in [0.4, 0.5) is 4.39 Å². The molecular weight excluding hydrogens is 247 g/mol. The highest BCUT2D eigenvalue weighted by atomic mass is 79.9. The maximum atomic E-state index is 13.1. The molecule has 0 heterocycles. The van der Waals surface area contributed by atoms with Gasteiger partial charge in [-0.3, -0.25) is 0 Å². The third kappa shape index (κ3) is 2.55. The second kappa shape index (κ2) is 4.89. The normalized spacial score (nSPS) is 13.3. The van der Waals surface area contributed by atoms with Crippen LogP contribution in [0.25, 0.3) is 0 Å². The van der Waals surface area contributed by atoms with Crippen LogP contribution < -0.4 is 0 Å². The first kappa shape index (κ1) is 11.7. The Kier molecular flexibility index (Phi) is 4.08. The molecule has 0 fully saturated rings. The van der Waals surface area contributed by atoms with Gasteiger partial charge in [0, 0.05) is 4.47 Å². The highest BCUT2D eigenvalue weighted by Crippen LogP contribution is 2.28. The molecule has 0 aliphatic carbocycles. The molecule has 0 aliphatic rings. The summed E-state index contributed by atoms with van der Waals surface area (Å²) in [6.07, 6.45) is -1.28. The first-order valence-electron chi connectivity index (χ1n) is 4.60. The Bertz CT molecular complexity index is 312. The predicted molar refractivity (Wildman–Crippen MR) is 59.2 cm³/mol. The molecule has 0 radical (unpaired) electrons. The molecular formula is C11H14BrFO. The quantitative estimate of drug-likeness (QED) is 0.881. The zero-order valence-electron chi connectivity index (χ0n) is 8.30. The van der Waals surface area contributed by atoms with Gasteiger partial charge in [-0.05, 0) is 23.1 Å². The van der Waals surface area contributed by atoms with Crippen molar-refractivity contribution in [2.45, 2.75) is 25.9 Å². The first-order valence-corrected chi connectivity index (χ1v) is 5.39. The molecule has 0 saturated heterocycles. The monoisotopic (exact) mass is 260 g/mol. The number of halogens is 2. The van der Waals surface area contributed by atoms with Gasteiger partial charge in [-0.2, -0.15) is 0 Å². The van der Waals surface area contributed by atoms with E-state index in [1.165, 1.54) is 0 Å². The summed E-state index contributed by atoms with van der Waals surface area (Å²) in [5.74, 6) is 0.408. The van der Waals surface area contributed by atoms with E-state index < -0.39 is 12.8 Å². The van der Waals surface area contributed by atoms with Gasteiger partial charge in [-0.1, -0.05) is 41.9 Å². The van der Waals surface area contributed by atoms with E-state index in [4.69, 9.17) is 5.11 Å². The molecule has 0 aromatic heterocycles. The predicted octanol–water partition coefficient (Wildman–Crippen LogP) is 3.58. The number of benzene rings is 1. The van der Waals surface area contributed by atoms with Crippen molar-refractivity contribution in [2.75, 3.05) is 6.61 Å². The van der Waals surface area contributed by atoms with Crippen LogP contribution in [0.2, 0.25) is 0 Å². The number of alkyl halides is 1. The van der Waals surface area contributed by atoms with E-state index in [2.05, 4.69) is 29.8 Å². The number of aliphatic hydroxyl groups excluding tert-OH is 1. The molecule has 0 spiro atoms. The maximum absolute atomic E-state index is 13.1. The second-order valence-electron chi connectivity index (χ2n) is 3.59. The lowest BCUT2D eigenvalue weighted by Gasteiger charge is -2.11. The zero-order valence-corrected chi connectivity index (χ0v) is 9.88. The van der Waals surface area contributed by atoms with Gasteiger partial charge in [0.1, 0.15) is 6.17 Å². The van der Waals surface area contributed by atoms with Crippen LogP contribution in [-0.2, 0) is 0 Å². The fraction of sp³-hybridized carbons (Fsp3) is 0.455. The zero-order chi connectivity index (χ0) is 10.7. The van der Waals surface area contributed by atoms with Crippen LogP contribution in [0, 0.1) is 0 Å². The minimum absolute atomic E-state index is 0.408. The minimum Gasteiger partial charge on any atom is -0.393 e. The summed E-state index contributed by atoms with van der Waals surface area (Å²) < 4.78 is 14.0. The van der Waals surface area contributed by atoms with Crippen LogP contribution in [-0.4, -0.2) is 11.7 Å². The number of aliphatic hydroxyl groups is 1. The minimum atomic E-state index is -1.28. The van der Waals surface area contributed by atoms with Gasteiger partial charge < -0.3 is 5.11 Å². The van der Waals surface area contributed by atoms with Gasteiger partial charge in [0.25, 0.3) is 0 Å². The number of hydrogen-bond acceptors (Lipinski definition) is 1. The summed E-state index contributed by atoms with van der Waals surface area (Å²) in [5, 5.41) is 8.67. The summed E-state index contributed by atoms with van der Waals surface area (Å²) in [6.45, 7) is 3.70. The van der Waals surface area contributed by atoms with Gasteiger partial charge >= 0.3 is 0 Å². The fourth-order valence-corrected chi connectivity index (χ4v) is 2.17. The SMILES string of the molecule is CC(C)c1ccc(C(F)CO)cc1Br. The van der Waals surface area contributed by atoms with E-state index in [9.17, 15) is 4.39 Å². The van der Waals surface area contributed by atoms with E-state index >= 15 is 0 Å². The Balaban J connectivity index is 3.00. The van der Waals surface area contributed by atoms with Gasteiger partial charge in [-0.15, -0.1) is 0 Å². The summed E-state index contributed by atoms with van der Waals surface area (Å²) in [4.78, 5) is 0. The van der Waals surface area contributed by atoms with Crippen molar-refractivity contribution in [2.24, 2.45) is 0 Å². The lowest BCUT2D eigenvalue weighted by Crippen LogP contribution is -1.98. The average Bonchev–Trinajstić information content (AvgIpc) is 2.15. The van der Waals surface area contributed by atoms with Crippen molar-refractivity contribution in [3.63, 3.8) is 0 Å². The summed E-state index contributed by atoms with van der Waals surface area (Å²) in [5.41, 5.74) is 1.67. The average molecular weight is 261 g/mol. The second-order valence-corrected chi connectivity index (χ2v) is 4.44. The van der Waals surface area contributed by atoms with E-state index in [0.29, 0.717) is 11.5 Å². The topological polar surface area (TPSA) is 20.2 Å². The molecule has 1 aromatic rings. The van der Waals surface area contributed by atoms with E-state index in [-0.39, 0.29) is 0 Å². The lowest BCUT2D eigenvalue weighted by molar-refractivity contribution is 0.180. The molecule has 1 aromatic carbocycles. The summed E-state index contributed by atoms with van der Waals surface area (Å²) in [6, 6.07) is 5.35. The molecule has 0 aliphatic heterocycles. The molecule has 1 N–H and O–H groups in total. The third-order valence-corrected chi connectivity index (χ3v) is 2.86. The molecule has 1 rings (SSSR count). The van der Waals surface area contributed by atoms with Crippen LogP contribution in [0.3, 0.4) is 0 Å². The molecule has 0 amide bonds. The van der Waals surface area contributed by atoms with Gasteiger partial charge in [0.15, 0.2) is 0 Å². The van der Waals surface area contributed by atoms with Crippen LogP contribution in [0.5, 0.6) is 0 Å². The van der Waals surface area contributed by atoms with Crippen LogP contribution >= 0.6 is 15.9 Å². The highest BCUT2D eigenvalue weighted by molar-refractivity contribution is 9.10. The van der Waals surface area contributed by atoms with E-state index in [0.717, 1.165) is 10.0 Å². The molecule has 78 valence electrons. The van der Waals surface area contributed by atoms with Crippen LogP contribution in [0.15, 0.2) is 22.7 Å². The Labute approximate surface area is 92.1 Å². The molecule has 1 unspecified atom stereocenters. The van der Waals surface area contributed by atoms with Gasteiger partial charge in [0.2, 0.25) is 0 Å². The van der Waals surface area contributed by atoms with Gasteiger partial charge in [0.05, 0.1) is 6.61 Å². The van der Waals surface area contributed by atoms with E-state index in [1.807, 2.05) is 6.07 Å². The van der Waals surface area contributed by atoms with Crippen molar-refractivity contribution in [3.8, 4) is 0 Å². The molecule has 14 heavy (non-hydrogen) atoms. The van der Waals surface area contributed by atoms with Crippen molar-refractivity contribution in [3.05, 3.63) is 33.8 Å². The molecule has 1 atom stereocenters. The number of rotatable bonds is 3. The summed E-state index contributed by atoms with van der Waals surface area (Å²) >= 11 is 3.40. The Morgan fingerprint density at radius 1 is 1.43 bits per heavy atom. The highest BCUT2D eigenvalue weighted by Gasteiger charge is 2.11. The Morgan fingerprint density at radius 2 is 2.07 bits per heavy atom. The fourth-order valence-electron chi connectivity index (χ4n) is 1.31. The molecule has 0 bridgehead atoms. The smallest absolute Gasteiger partial charge is 0.148 e. The Hall–Kier alpha value is -0.410. The van der Waals surface area contributed by atoms with Crippen molar-refractivity contribution >= 4 is 15.9 Å². The van der Waals surface area contributed by atoms with Gasteiger partial charge in [-0.25, -0.2) is 4.39 Å². The van der Waals surface area contributed by atoms with Crippen molar-refractivity contribution < 1.29 is 9.50 Å². The van der Waals surface area contributed by atoms with Crippen molar-refractivity contribution in [1.82, 2.24) is 0 Å². The third-order valence-electron chi connectivity index (χ3n) is 2.17. The standard InChI is InChI=1S/C11H14BrFO/c1-7(2)9-4-3-8(5-10(9)12)11(13)6-14/h3-5,7,11,14H,6H2,1-2H3. The first-order chi connectivity index (χ1) is 6.56. The van der Waals surface area contributed by atoms with E-state index in [1.54, 1.807) is 12.1 Å². The summed E-state index contributed by atoms with van der Waals surface area (Å²) in [7, 11) is 0. The molecule has 0 saturated carbocycles. The van der Waals surface area contributed by atoms with Crippen LogP contribution in [0.1, 0.15) is 37.1 Å². The molecule has 1 nitrogen and oxygen atoms in total. The maximum Gasteiger partial charge on any atom is 0.148 e. The number of hydrogen-bond donors (Lipinski definition) is 1. The molecule has 3 heteroatoms. The largest absolute Gasteiger partial charge is 0.393 e. The Morgan fingerprint density at radius 3 is 2.50 bits per heavy atom.